The number of nitrogens with zero attached hydrogens (tertiary/aromatic N) is 2. The minimum absolute atomic E-state index is 0.403. The number of hydrogen-bond acceptors (Lipinski definition) is 3. The standard InChI is InChI=1S/C26H26N2S.2BrH.Ni/c1-17(2)20-13-10-14-21(18(3)4)25(20)28-24(19-11-6-5-7-12-19)26-27-22-15-8-9-16-23(22)29-26;;;/h5-18H,1-4H3;2*1H;/q;;;+2/p-2. The van der Waals surface area contributed by atoms with Crippen molar-refractivity contribution in [2.24, 2.45) is 4.99 Å². The zero-order valence-electron chi connectivity index (χ0n) is 18.5. The maximum atomic E-state index is 5.30. The summed E-state index contributed by atoms with van der Waals surface area (Å²) in [6.07, 6.45) is 0. The van der Waals surface area contributed by atoms with Crippen molar-refractivity contribution in [1.29, 1.82) is 0 Å². The summed E-state index contributed by atoms with van der Waals surface area (Å²) in [6, 6.07) is 25.3. The summed E-state index contributed by atoms with van der Waals surface area (Å²) in [6.45, 7) is 8.94. The second-order valence-electron chi connectivity index (χ2n) is 7.95. The Hall–Kier alpha value is -1.33. The maximum absolute atomic E-state index is 5.30. The molecule has 0 spiro atoms. The van der Waals surface area contributed by atoms with Gasteiger partial charge in [-0.2, -0.15) is 0 Å². The monoisotopic (exact) mass is 614 g/mol. The van der Waals surface area contributed by atoms with E-state index in [1.54, 1.807) is 11.3 Å². The van der Waals surface area contributed by atoms with Crippen LogP contribution >= 0.6 is 39.8 Å². The van der Waals surface area contributed by atoms with E-state index in [0.717, 1.165) is 27.5 Å². The average Bonchev–Trinajstić information content (AvgIpc) is 3.22. The van der Waals surface area contributed by atoms with Crippen LogP contribution in [-0.4, -0.2) is 10.7 Å². The van der Waals surface area contributed by atoms with E-state index in [2.05, 4.69) is 117 Å². The van der Waals surface area contributed by atoms with Crippen LogP contribution in [0.5, 0.6) is 0 Å². The van der Waals surface area contributed by atoms with Crippen LogP contribution in [0.25, 0.3) is 10.2 Å². The normalized spacial score (nSPS) is 11.8. The molecule has 4 rings (SSSR count). The molecule has 1 heterocycles. The first-order chi connectivity index (χ1) is 15.5. The Morgan fingerprint density at radius 1 is 0.812 bits per heavy atom. The van der Waals surface area contributed by atoms with Crippen molar-refractivity contribution >= 4 is 61.4 Å². The first kappa shape index (κ1) is 25.3. The molecule has 1 aromatic heterocycles. The van der Waals surface area contributed by atoms with E-state index in [-0.39, 0.29) is 0 Å². The molecule has 4 aromatic rings. The third kappa shape index (κ3) is 6.17. The van der Waals surface area contributed by atoms with Crippen LogP contribution in [-0.2, 0) is 10.9 Å². The molecule has 0 N–H and O–H groups in total. The molecular formula is C26H26Br2N2NiS. The zero-order chi connectivity index (χ0) is 23.1. The van der Waals surface area contributed by atoms with Crippen LogP contribution in [0.4, 0.5) is 5.69 Å². The van der Waals surface area contributed by atoms with Crippen LogP contribution < -0.4 is 0 Å². The van der Waals surface area contributed by atoms with E-state index in [0.29, 0.717) is 11.8 Å². The van der Waals surface area contributed by atoms with E-state index in [1.807, 2.05) is 12.1 Å². The minimum atomic E-state index is 0.403. The number of hydrogen-bond donors (Lipinski definition) is 0. The van der Waals surface area contributed by atoms with E-state index < -0.39 is 0 Å². The number of para-hydroxylation sites is 2. The van der Waals surface area contributed by atoms with Gasteiger partial charge in [-0.1, -0.05) is 88.4 Å². The Kier molecular flexibility index (Phi) is 9.66. The Morgan fingerprint density at radius 3 is 1.94 bits per heavy atom. The number of fused-ring (bicyclic) bond motifs is 1. The van der Waals surface area contributed by atoms with Gasteiger partial charge < -0.3 is 0 Å². The fraction of sp³-hybridized carbons (Fsp3) is 0.231. The molecule has 0 unspecified atom stereocenters. The Labute approximate surface area is 215 Å². The molecule has 0 aliphatic carbocycles. The molecule has 32 heavy (non-hydrogen) atoms. The van der Waals surface area contributed by atoms with Gasteiger partial charge in [-0.3, -0.25) is 0 Å². The number of aromatic nitrogens is 1. The molecule has 0 amide bonds. The van der Waals surface area contributed by atoms with Crippen molar-refractivity contribution in [3.63, 3.8) is 0 Å². The van der Waals surface area contributed by atoms with E-state index in [4.69, 9.17) is 9.98 Å². The van der Waals surface area contributed by atoms with Gasteiger partial charge >= 0.3 is 39.3 Å². The van der Waals surface area contributed by atoms with Gasteiger partial charge in [-0.25, -0.2) is 9.98 Å². The average molecular weight is 617 g/mol. The van der Waals surface area contributed by atoms with Crippen LogP contribution in [0.2, 0.25) is 0 Å². The topological polar surface area (TPSA) is 25.2 Å². The molecule has 0 aliphatic heterocycles. The second kappa shape index (κ2) is 12.2. The van der Waals surface area contributed by atoms with Crippen molar-refractivity contribution in [3.05, 3.63) is 94.5 Å². The van der Waals surface area contributed by atoms with Gasteiger partial charge in [-0.05, 0) is 35.1 Å². The summed E-state index contributed by atoms with van der Waals surface area (Å²) in [5.74, 6) is 0.805. The molecule has 0 radical (unpaired) electrons. The van der Waals surface area contributed by atoms with Gasteiger partial charge in [0.15, 0.2) is 0 Å². The predicted octanol–water partition coefficient (Wildman–Crippen LogP) is 9.40. The molecule has 0 aliphatic rings. The van der Waals surface area contributed by atoms with Gasteiger partial charge in [0.1, 0.15) is 10.7 Å². The molecule has 0 fully saturated rings. The first-order valence-corrected chi connectivity index (χ1v) is 16.1. The van der Waals surface area contributed by atoms with E-state index in [1.165, 1.54) is 26.7 Å². The molecule has 2 nitrogen and oxygen atoms in total. The van der Waals surface area contributed by atoms with E-state index >= 15 is 0 Å². The van der Waals surface area contributed by atoms with Gasteiger partial charge in [-0.15, -0.1) is 11.3 Å². The summed E-state index contributed by atoms with van der Waals surface area (Å²) in [4.78, 5) is 10.2. The number of halogens is 2. The molecule has 6 heteroatoms. The van der Waals surface area contributed by atoms with E-state index in [9.17, 15) is 0 Å². The SMILES string of the molecule is CC(C)c1cccc(C(C)C)c1N=C(c1ccccc1)c1nc2ccccc2s1.[Br][Ni][Br]. The fourth-order valence-electron chi connectivity index (χ4n) is 3.56. The van der Waals surface area contributed by atoms with Crippen LogP contribution in [0, 0.1) is 0 Å². The Morgan fingerprint density at radius 2 is 1.38 bits per heavy atom. The number of thiazole rings is 1. The molecular weight excluding hydrogens is 591 g/mol. The predicted molar refractivity (Wildman–Crippen MR) is 144 cm³/mol. The van der Waals surface area contributed by atoms with Gasteiger partial charge in [0.2, 0.25) is 0 Å². The number of aliphatic imine (C=N–C) groups is 1. The van der Waals surface area contributed by atoms with Gasteiger partial charge in [0.25, 0.3) is 0 Å². The third-order valence-corrected chi connectivity index (χ3v) is 6.15. The molecule has 0 bridgehead atoms. The van der Waals surface area contributed by atoms with Crippen molar-refractivity contribution in [2.45, 2.75) is 39.5 Å². The summed E-state index contributed by atoms with van der Waals surface area (Å²) in [5, 5.41) is 0.964. The molecule has 170 valence electrons. The first-order valence-electron chi connectivity index (χ1n) is 10.4. The van der Waals surface area contributed by atoms with Crippen molar-refractivity contribution in [1.82, 2.24) is 4.98 Å². The fourth-order valence-corrected chi connectivity index (χ4v) is 4.54. The summed E-state index contributed by atoms with van der Waals surface area (Å²) in [7, 11) is 1.25. The Balaban J connectivity index is 0.000000913. The molecule has 3 aromatic carbocycles. The van der Waals surface area contributed by atoms with Crippen LogP contribution in [0.1, 0.15) is 61.2 Å². The number of benzene rings is 3. The summed E-state index contributed by atoms with van der Waals surface area (Å²) >= 11 is 7.71. The summed E-state index contributed by atoms with van der Waals surface area (Å²) < 4.78 is 1.19. The van der Waals surface area contributed by atoms with Crippen LogP contribution in [0.15, 0.2) is 77.8 Å². The molecule has 0 saturated carbocycles. The quantitative estimate of drug-likeness (QED) is 0.162. The van der Waals surface area contributed by atoms with Crippen LogP contribution in [0.3, 0.4) is 0 Å². The second-order valence-corrected chi connectivity index (χ2v) is 14.0. The van der Waals surface area contributed by atoms with Gasteiger partial charge in [0, 0.05) is 5.56 Å². The van der Waals surface area contributed by atoms with Gasteiger partial charge in [0.05, 0.1) is 15.9 Å². The zero-order valence-corrected chi connectivity index (χ0v) is 23.4. The number of rotatable bonds is 5. The molecule has 0 saturated heterocycles. The third-order valence-electron chi connectivity index (χ3n) is 5.11. The Bertz CT molecular complexity index is 1130. The van der Waals surface area contributed by atoms with Crippen molar-refractivity contribution in [3.8, 4) is 0 Å². The molecule has 0 atom stereocenters. The van der Waals surface area contributed by atoms with Crippen molar-refractivity contribution < 1.29 is 10.9 Å². The summed E-state index contributed by atoms with van der Waals surface area (Å²) in [5.41, 5.74) is 6.73. The van der Waals surface area contributed by atoms with Crippen molar-refractivity contribution in [2.75, 3.05) is 0 Å².